The van der Waals surface area contributed by atoms with Crippen LogP contribution in [0.25, 0.3) is 11.1 Å². The van der Waals surface area contributed by atoms with E-state index >= 15 is 0 Å². The summed E-state index contributed by atoms with van der Waals surface area (Å²) in [4.78, 5) is 12.4. The maximum atomic E-state index is 12.4. The van der Waals surface area contributed by atoms with Gasteiger partial charge >= 0.3 is 0 Å². The molecule has 0 atom stereocenters. The second kappa shape index (κ2) is 9.52. The van der Waals surface area contributed by atoms with Crippen molar-refractivity contribution in [1.29, 1.82) is 0 Å². The summed E-state index contributed by atoms with van der Waals surface area (Å²) in [7, 11) is 0. The smallest absolute Gasteiger partial charge is 0.257 e. The molecule has 3 aromatic rings. The number of nitrogens with one attached hydrogen (secondary N) is 2. The lowest BCUT2D eigenvalue weighted by Crippen LogP contribution is -2.34. The van der Waals surface area contributed by atoms with Crippen molar-refractivity contribution in [3.05, 3.63) is 82.3 Å². The predicted octanol–water partition coefficient (Wildman–Crippen LogP) is 6.04. The largest absolute Gasteiger partial charge is 0.490 e. The average molecular weight is 441 g/mol. The van der Waals surface area contributed by atoms with E-state index in [9.17, 15) is 4.79 Å². The van der Waals surface area contributed by atoms with Crippen LogP contribution in [0.15, 0.2) is 66.7 Å². The Balaban J connectivity index is 1.39. The highest BCUT2D eigenvalue weighted by Gasteiger charge is 2.14. The third-order valence-corrected chi connectivity index (χ3v) is 5.64. The van der Waals surface area contributed by atoms with E-state index in [1.165, 1.54) is 0 Å². The Hall–Kier alpha value is -2.53. The highest BCUT2D eigenvalue weighted by molar-refractivity contribution is 6.37. The van der Waals surface area contributed by atoms with Gasteiger partial charge in [0.25, 0.3) is 5.91 Å². The molecule has 0 bridgehead atoms. The number of halogens is 2. The Bertz CT molecular complexity index is 1010. The van der Waals surface area contributed by atoms with E-state index in [1.54, 1.807) is 18.2 Å². The van der Waals surface area contributed by atoms with Crippen LogP contribution < -0.4 is 15.4 Å². The van der Waals surface area contributed by atoms with Gasteiger partial charge in [-0.05, 0) is 79.5 Å². The zero-order valence-corrected chi connectivity index (χ0v) is 17.8. The van der Waals surface area contributed by atoms with Crippen molar-refractivity contribution in [3.63, 3.8) is 0 Å². The predicted molar refractivity (Wildman–Crippen MR) is 123 cm³/mol. The molecule has 30 heavy (non-hydrogen) atoms. The average Bonchev–Trinajstić information content (AvgIpc) is 2.75. The lowest BCUT2D eigenvalue weighted by molar-refractivity contribution is 0.102. The molecule has 4 rings (SSSR count). The first-order chi connectivity index (χ1) is 14.6. The lowest BCUT2D eigenvalue weighted by Gasteiger charge is -2.23. The number of carbonyl (C=O) groups is 1. The molecule has 0 aromatic heterocycles. The van der Waals surface area contributed by atoms with Crippen LogP contribution in [-0.2, 0) is 0 Å². The van der Waals surface area contributed by atoms with E-state index in [1.807, 2.05) is 36.4 Å². The van der Waals surface area contributed by atoms with E-state index in [-0.39, 0.29) is 12.0 Å². The van der Waals surface area contributed by atoms with Crippen LogP contribution in [-0.4, -0.2) is 25.1 Å². The van der Waals surface area contributed by atoms with Gasteiger partial charge in [0.05, 0.1) is 10.6 Å². The molecule has 2 N–H and O–H groups in total. The molecule has 1 aliphatic rings. The Morgan fingerprint density at radius 3 is 2.17 bits per heavy atom. The zero-order chi connectivity index (χ0) is 20.9. The molecule has 0 saturated carbocycles. The van der Waals surface area contributed by atoms with E-state index in [2.05, 4.69) is 22.8 Å². The summed E-state index contributed by atoms with van der Waals surface area (Å²) in [6, 6.07) is 20.6. The Kier molecular flexibility index (Phi) is 6.58. The number of anilines is 1. The maximum absolute atomic E-state index is 12.4. The molecule has 1 aliphatic heterocycles. The van der Waals surface area contributed by atoms with Crippen molar-refractivity contribution >= 4 is 34.8 Å². The molecule has 1 fully saturated rings. The van der Waals surface area contributed by atoms with Gasteiger partial charge in [-0.3, -0.25) is 4.79 Å². The fourth-order valence-electron chi connectivity index (χ4n) is 3.45. The van der Waals surface area contributed by atoms with E-state index in [4.69, 9.17) is 27.9 Å². The highest BCUT2D eigenvalue weighted by Crippen LogP contribution is 2.26. The van der Waals surface area contributed by atoms with Crippen LogP contribution >= 0.6 is 23.2 Å². The first kappa shape index (κ1) is 20.7. The first-order valence-corrected chi connectivity index (χ1v) is 10.7. The summed E-state index contributed by atoms with van der Waals surface area (Å²) in [5.41, 5.74) is 3.23. The highest BCUT2D eigenvalue weighted by atomic mass is 35.5. The van der Waals surface area contributed by atoms with Gasteiger partial charge in [0, 0.05) is 10.7 Å². The van der Waals surface area contributed by atoms with Crippen molar-refractivity contribution in [1.82, 2.24) is 5.32 Å². The van der Waals surface area contributed by atoms with Crippen LogP contribution in [0.4, 0.5) is 5.69 Å². The molecule has 1 heterocycles. The number of ether oxygens (including phenoxy) is 1. The number of benzene rings is 3. The van der Waals surface area contributed by atoms with Gasteiger partial charge in [-0.25, -0.2) is 0 Å². The minimum absolute atomic E-state index is 0.274. The molecular formula is C24H22Cl2N2O2. The number of amides is 1. The van der Waals surface area contributed by atoms with Gasteiger partial charge in [0.2, 0.25) is 0 Å². The van der Waals surface area contributed by atoms with Crippen molar-refractivity contribution in [2.24, 2.45) is 0 Å². The summed E-state index contributed by atoms with van der Waals surface area (Å²) >= 11 is 12.0. The molecule has 0 aliphatic carbocycles. The van der Waals surface area contributed by atoms with E-state index in [0.717, 1.165) is 42.8 Å². The second-order valence-electron chi connectivity index (χ2n) is 7.25. The van der Waals surface area contributed by atoms with Crippen LogP contribution in [0.1, 0.15) is 23.2 Å². The number of hydrogen-bond acceptors (Lipinski definition) is 3. The van der Waals surface area contributed by atoms with Crippen molar-refractivity contribution in [2.45, 2.75) is 18.9 Å². The van der Waals surface area contributed by atoms with Gasteiger partial charge in [0.1, 0.15) is 11.9 Å². The second-order valence-corrected chi connectivity index (χ2v) is 8.09. The fourth-order valence-corrected chi connectivity index (χ4v) is 3.94. The van der Waals surface area contributed by atoms with E-state index in [0.29, 0.717) is 21.3 Å². The SMILES string of the molecule is O=C(Nc1ccc(-c2ccc(OC3CCNCC3)cc2)cc1)c1ccc(Cl)cc1Cl. The normalized spacial score (nSPS) is 14.3. The van der Waals surface area contributed by atoms with Crippen LogP contribution in [0.5, 0.6) is 5.75 Å². The molecule has 6 heteroatoms. The molecule has 0 radical (unpaired) electrons. The third kappa shape index (κ3) is 5.14. The quantitative estimate of drug-likeness (QED) is 0.507. The summed E-state index contributed by atoms with van der Waals surface area (Å²) in [5, 5.41) is 7.02. The van der Waals surface area contributed by atoms with Crippen molar-refractivity contribution in [2.75, 3.05) is 18.4 Å². The standard InChI is InChI=1S/C24H22Cl2N2O2/c25-18-5-10-22(23(26)15-18)24(29)28-19-6-1-16(2-7-19)17-3-8-20(9-4-17)30-21-11-13-27-14-12-21/h1-10,15,21,27H,11-14H2,(H,28,29). The molecule has 1 saturated heterocycles. The van der Waals surface area contributed by atoms with E-state index < -0.39 is 0 Å². The van der Waals surface area contributed by atoms with Gasteiger partial charge in [-0.15, -0.1) is 0 Å². The lowest BCUT2D eigenvalue weighted by atomic mass is 10.0. The Labute approximate surface area is 186 Å². The van der Waals surface area contributed by atoms with Crippen LogP contribution in [0.2, 0.25) is 10.0 Å². The summed E-state index contributed by atoms with van der Waals surface area (Å²) in [6.45, 7) is 2.02. The maximum Gasteiger partial charge on any atom is 0.257 e. The number of carbonyl (C=O) groups excluding carboxylic acids is 1. The fraction of sp³-hybridized carbons (Fsp3) is 0.208. The molecule has 4 nitrogen and oxygen atoms in total. The van der Waals surface area contributed by atoms with Crippen molar-refractivity contribution < 1.29 is 9.53 Å². The number of piperidine rings is 1. The topological polar surface area (TPSA) is 50.4 Å². The third-order valence-electron chi connectivity index (χ3n) is 5.10. The van der Waals surface area contributed by atoms with Gasteiger partial charge in [-0.2, -0.15) is 0 Å². The molecule has 1 amide bonds. The van der Waals surface area contributed by atoms with Crippen LogP contribution in [0, 0.1) is 0 Å². The zero-order valence-electron chi connectivity index (χ0n) is 16.3. The number of rotatable bonds is 5. The molecule has 154 valence electrons. The summed E-state index contributed by atoms with van der Waals surface area (Å²) in [6.07, 6.45) is 2.36. The van der Waals surface area contributed by atoms with Gasteiger partial charge in [-0.1, -0.05) is 47.5 Å². The van der Waals surface area contributed by atoms with Crippen molar-refractivity contribution in [3.8, 4) is 16.9 Å². The Morgan fingerprint density at radius 1 is 0.900 bits per heavy atom. The molecule has 3 aromatic carbocycles. The minimum Gasteiger partial charge on any atom is -0.490 e. The molecule has 0 spiro atoms. The Morgan fingerprint density at radius 2 is 1.53 bits per heavy atom. The van der Waals surface area contributed by atoms with Gasteiger partial charge in [0.15, 0.2) is 0 Å². The van der Waals surface area contributed by atoms with Gasteiger partial charge < -0.3 is 15.4 Å². The summed E-state index contributed by atoms with van der Waals surface area (Å²) in [5.74, 6) is 0.623. The summed E-state index contributed by atoms with van der Waals surface area (Å²) < 4.78 is 6.06. The molecule has 0 unspecified atom stereocenters. The monoisotopic (exact) mass is 440 g/mol. The number of hydrogen-bond donors (Lipinski definition) is 2. The molecular weight excluding hydrogens is 419 g/mol. The first-order valence-electron chi connectivity index (χ1n) is 9.93. The van der Waals surface area contributed by atoms with Crippen LogP contribution in [0.3, 0.4) is 0 Å². The minimum atomic E-state index is -0.274.